The van der Waals surface area contributed by atoms with Gasteiger partial charge >= 0.3 is 12.1 Å². The fourth-order valence-electron chi connectivity index (χ4n) is 3.64. The number of alkyl halides is 3. The summed E-state index contributed by atoms with van der Waals surface area (Å²) in [5.74, 6) is 4.11. The summed E-state index contributed by atoms with van der Waals surface area (Å²) in [5, 5.41) is 10.5. The molecule has 2 aromatic heterocycles. The van der Waals surface area contributed by atoms with E-state index in [-0.39, 0.29) is 10.6 Å². The lowest BCUT2D eigenvalue weighted by molar-refractivity contribution is -0.139. The highest BCUT2D eigenvalue weighted by molar-refractivity contribution is 7.91. The monoisotopic (exact) mass is 532 g/mol. The summed E-state index contributed by atoms with van der Waals surface area (Å²) in [7, 11) is -2.34. The van der Waals surface area contributed by atoms with E-state index in [0.29, 0.717) is 16.0 Å². The number of para-hydroxylation sites is 1. The summed E-state index contributed by atoms with van der Waals surface area (Å²) in [6, 6.07) is 13.1. The van der Waals surface area contributed by atoms with Gasteiger partial charge in [0.15, 0.2) is 0 Å². The number of hydrogen-bond donors (Lipinski definition) is 2. The second-order valence-corrected chi connectivity index (χ2v) is 11.0. The van der Waals surface area contributed by atoms with Crippen molar-refractivity contribution in [1.82, 2.24) is 9.29 Å². The molecule has 2 heterocycles. The first-order chi connectivity index (χ1) is 16.9. The normalized spacial score (nSPS) is 12.8. The van der Waals surface area contributed by atoms with Crippen molar-refractivity contribution in [3.05, 3.63) is 88.4 Å². The third-order valence-corrected chi connectivity index (χ3v) is 8.35. The molecule has 4 rings (SSSR count). The van der Waals surface area contributed by atoms with Crippen molar-refractivity contribution < 1.29 is 31.5 Å². The largest absolute Gasteiger partial charge is 0.480 e. The molecule has 0 bridgehead atoms. The average molecular weight is 533 g/mol. The van der Waals surface area contributed by atoms with Gasteiger partial charge < -0.3 is 9.67 Å². The van der Waals surface area contributed by atoms with Gasteiger partial charge in [0, 0.05) is 36.1 Å². The molecule has 2 aromatic carbocycles. The lowest BCUT2D eigenvalue weighted by atomic mass is 10.1. The van der Waals surface area contributed by atoms with Gasteiger partial charge in [-0.25, -0.2) is 8.42 Å². The first-order valence-corrected chi connectivity index (χ1v) is 12.8. The van der Waals surface area contributed by atoms with Gasteiger partial charge in [0.1, 0.15) is 10.3 Å². The zero-order valence-electron chi connectivity index (χ0n) is 18.7. The van der Waals surface area contributed by atoms with Crippen LogP contribution < -0.4 is 4.72 Å². The summed E-state index contributed by atoms with van der Waals surface area (Å²) in [6.07, 6.45) is -2.73. The summed E-state index contributed by atoms with van der Waals surface area (Å²) >= 11 is 0.832. The minimum absolute atomic E-state index is 0.0537. The van der Waals surface area contributed by atoms with E-state index in [2.05, 4.69) is 16.6 Å². The lowest BCUT2D eigenvalue weighted by Gasteiger charge is -2.13. The Hall–Kier alpha value is -3.59. The number of carboxylic acids is 1. The maximum absolute atomic E-state index is 12.9. The van der Waals surface area contributed by atoms with Crippen molar-refractivity contribution in [2.75, 3.05) is 0 Å². The number of halogens is 3. The highest BCUT2D eigenvalue weighted by Gasteiger charge is 2.30. The summed E-state index contributed by atoms with van der Waals surface area (Å²) < 4.78 is 67.8. The molecule has 6 nitrogen and oxygen atoms in total. The predicted octanol–water partition coefficient (Wildman–Crippen LogP) is 4.63. The number of carboxylic acid groups (broad SMARTS) is 1. The standard InChI is InChI=1S/C25H19F3N2O4S2/c1-30-15-17(20-4-2-3-5-22(20)30)14-21(24(31)32)29-36(33,34)23-13-12-19(35-23)11-8-16-6-9-18(10-7-16)25(26,27)28/h2-7,9-10,12-13,15,21,29H,14H2,1H3,(H,31,32)/t21-/m1/s1. The topological polar surface area (TPSA) is 88.4 Å². The quantitative estimate of drug-likeness (QED) is 0.355. The van der Waals surface area contributed by atoms with Crippen molar-refractivity contribution in [2.45, 2.75) is 22.8 Å². The van der Waals surface area contributed by atoms with Crippen LogP contribution in [0, 0.1) is 11.8 Å². The first-order valence-electron chi connectivity index (χ1n) is 10.5. The third-order valence-electron chi connectivity index (χ3n) is 5.39. The van der Waals surface area contributed by atoms with Crippen LogP contribution in [0.15, 0.2) is 71.1 Å². The van der Waals surface area contributed by atoms with Gasteiger partial charge in [-0.3, -0.25) is 4.79 Å². The Morgan fingerprint density at radius 2 is 1.78 bits per heavy atom. The van der Waals surface area contributed by atoms with Crippen LogP contribution in [0.3, 0.4) is 0 Å². The maximum atomic E-state index is 12.9. The number of hydrogen-bond acceptors (Lipinski definition) is 4. The Morgan fingerprint density at radius 3 is 2.44 bits per heavy atom. The van der Waals surface area contributed by atoms with Crippen LogP contribution in [0.1, 0.15) is 21.6 Å². The highest BCUT2D eigenvalue weighted by atomic mass is 32.2. The average Bonchev–Trinajstić information content (AvgIpc) is 3.43. The Balaban J connectivity index is 1.51. The molecular formula is C25H19F3N2O4S2. The highest BCUT2D eigenvalue weighted by Crippen LogP contribution is 2.29. The molecule has 0 aliphatic carbocycles. The molecule has 0 fully saturated rings. The number of benzene rings is 2. The van der Waals surface area contributed by atoms with Gasteiger partial charge in [0.25, 0.3) is 10.0 Å². The number of sulfonamides is 1. The number of nitrogens with zero attached hydrogens (tertiary/aromatic N) is 1. The smallest absolute Gasteiger partial charge is 0.416 e. The number of rotatable bonds is 6. The number of aromatic nitrogens is 1. The number of aryl methyl sites for hydroxylation is 1. The molecule has 0 saturated heterocycles. The van der Waals surface area contributed by atoms with Crippen LogP contribution >= 0.6 is 11.3 Å². The number of fused-ring (bicyclic) bond motifs is 1. The molecule has 0 aliphatic heterocycles. The fraction of sp³-hybridized carbons (Fsp3) is 0.160. The van der Waals surface area contributed by atoms with Crippen LogP contribution in [-0.4, -0.2) is 30.1 Å². The molecule has 0 unspecified atom stereocenters. The van der Waals surface area contributed by atoms with Gasteiger partial charge in [-0.2, -0.15) is 17.9 Å². The van der Waals surface area contributed by atoms with E-state index < -0.39 is 33.8 Å². The van der Waals surface area contributed by atoms with Crippen LogP contribution in [-0.2, 0) is 34.5 Å². The molecule has 11 heteroatoms. The number of nitrogens with one attached hydrogen (secondary N) is 1. The maximum Gasteiger partial charge on any atom is 0.416 e. The molecule has 0 spiro atoms. The van der Waals surface area contributed by atoms with E-state index in [1.807, 2.05) is 35.9 Å². The molecule has 4 aromatic rings. The SMILES string of the molecule is Cn1cc(C[C@@H](NS(=O)(=O)c2ccc(C#Cc3ccc(C(F)(F)F)cc3)s2)C(=O)O)c2ccccc21. The molecule has 0 aliphatic rings. The molecule has 36 heavy (non-hydrogen) atoms. The molecule has 0 amide bonds. The third kappa shape index (κ3) is 5.62. The van der Waals surface area contributed by atoms with Crippen LogP contribution in [0.2, 0.25) is 0 Å². The molecule has 0 saturated carbocycles. The molecular weight excluding hydrogens is 513 g/mol. The summed E-state index contributed by atoms with van der Waals surface area (Å²) in [4.78, 5) is 12.2. The van der Waals surface area contributed by atoms with E-state index in [9.17, 15) is 31.5 Å². The first kappa shape index (κ1) is 25.5. The summed E-state index contributed by atoms with van der Waals surface area (Å²) in [6.45, 7) is 0. The molecule has 2 N–H and O–H groups in total. The minimum atomic E-state index is -4.45. The van der Waals surface area contributed by atoms with Gasteiger partial charge in [0.05, 0.1) is 10.4 Å². The number of aliphatic carboxylic acids is 1. The van der Waals surface area contributed by atoms with Crippen molar-refractivity contribution in [3.8, 4) is 11.8 Å². The van der Waals surface area contributed by atoms with Crippen molar-refractivity contribution in [2.24, 2.45) is 7.05 Å². The Labute approximate surface area is 209 Å². The fourth-order valence-corrected chi connectivity index (χ4v) is 6.01. The van der Waals surface area contributed by atoms with Crippen LogP contribution in [0.5, 0.6) is 0 Å². The number of carbonyl (C=O) groups is 1. The van der Waals surface area contributed by atoms with Crippen molar-refractivity contribution in [3.63, 3.8) is 0 Å². The van der Waals surface area contributed by atoms with Crippen LogP contribution in [0.4, 0.5) is 13.2 Å². The van der Waals surface area contributed by atoms with Crippen molar-refractivity contribution >= 4 is 38.2 Å². The second kappa shape index (κ2) is 9.81. The second-order valence-electron chi connectivity index (χ2n) is 7.94. The molecule has 1 atom stereocenters. The Kier molecular flexibility index (Phi) is 6.95. The van der Waals surface area contributed by atoms with E-state index in [4.69, 9.17) is 0 Å². The molecule has 186 valence electrons. The zero-order valence-corrected chi connectivity index (χ0v) is 20.3. The van der Waals surface area contributed by atoms with Crippen LogP contribution in [0.25, 0.3) is 10.9 Å². The van der Waals surface area contributed by atoms with E-state index in [0.717, 1.165) is 34.4 Å². The van der Waals surface area contributed by atoms with E-state index in [1.165, 1.54) is 24.3 Å². The minimum Gasteiger partial charge on any atom is -0.480 e. The number of thiophene rings is 1. The van der Waals surface area contributed by atoms with Gasteiger partial charge in [0.2, 0.25) is 0 Å². The molecule has 0 radical (unpaired) electrons. The Morgan fingerprint density at radius 1 is 1.08 bits per heavy atom. The van der Waals surface area contributed by atoms with Crippen molar-refractivity contribution in [1.29, 1.82) is 0 Å². The Bertz CT molecular complexity index is 1590. The van der Waals surface area contributed by atoms with Gasteiger partial charge in [-0.05, 0) is 48.0 Å². The van der Waals surface area contributed by atoms with Gasteiger partial charge in [-0.1, -0.05) is 30.0 Å². The zero-order chi connectivity index (χ0) is 26.1. The predicted molar refractivity (Wildman–Crippen MR) is 130 cm³/mol. The van der Waals surface area contributed by atoms with E-state index in [1.54, 1.807) is 6.20 Å². The summed E-state index contributed by atoms with van der Waals surface area (Å²) in [5.41, 5.74) is 1.13. The van der Waals surface area contributed by atoms with E-state index >= 15 is 0 Å². The lowest BCUT2D eigenvalue weighted by Crippen LogP contribution is -2.42. The van der Waals surface area contributed by atoms with Gasteiger partial charge in [-0.15, -0.1) is 11.3 Å².